The molecule has 0 spiro atoms. The van der Waals surface area contributed by atoms with E-state index in [4.69, 9.17) is 11.6 Å². The van der Waals surface area contributed by atoms with Crippen LogP contribution >= 0.6 is 34.3 Å². The molecule has 132 valence electrons. The van der Waals surface area contributed by atoms with E-state index in [0.29, 0.717) is 26.4 Å². The van der Waals surface area contributed by atoms with E-state index in [1.54, 1.807) is 0 Å². The Kier molecular flexibility index (Phi) is 4.52. The minimum atomic E-state index is -0.239. The average molecular weight is 401 g/mol. The molecule has 3 aromatic rings. The topological polar surface area (TPSA) is 52.9 Å². The van der Waals surface area contributed by atoms with E-state index in [0.717, 1.165) is 40.5 Å². The Morgan fingerprint density at radius 1 is 1.38 bits per heavy atom. The summed E-state index contributed by atoms with van der Waals surface area (Å²) in [5.41, 5.74) is 2.87. The summed E-state index contributed by atoms with van der Waals surface area (Å²) in [6.45, 7) is 4.25. The predicted octanol–water partition coefficient (Wildman–Crippen LogP) is 6.17. The molecule has 0 aliphatic heterocycles. The van der Waals surface area contributed by atoms with Gasteiger partial charge in [0.15, 0.2) is 0 Å². The van der Waals surface area contributed by atoms with Gasteiger partial charge in [-0.3, -0.25) is 4.79 Å². The zero-order valence-corrected chi connectivity index (χ0v) is 16.9. The van der Waals surface area contributed by atoms with Gasteiger partial charge in [0.1, 0.15) is 15.9 Å². The summed E-state index contributed by atoms with van der Waals surface area (Å²) in [5, 5.41) is 14.6. The lowest BCUT2D eigenvalue weighted by Gasteiger charge is -2.17. The Labute approximate surface area is 165 Å². The summed E-state index contributed by atoms with van der Waals surface area (Å²) in [7, 11) is 0. The zero-order valence-electron chi connectivity index (χ0n) is 14.5. The van der Waals surface area contributed by atoms with Crippen molar-refractivity contribution in [2.75, 3.05) is 5.32 Å². The first-order valence-corrected chi connectivity index (χ1v) is 10.5. The van der Waals surface area contributed by atoms with Crippen LogP contribution in [0.25, 0.3) is 10.1 Å². The Hall–Kier alpha value is -1.87. The molecule has 26 heavy (non-hydrogen) atoms. The van der Waals surface area contributed by atoms with Crippen molar-refractivity contribution in [1.29, 1.82) is 5.26 Å². The van der Waals surface area contributed by atoms with Crippen molar-refractivity contribution in [3.8, 4) is 6.07 Å². The van der Waals surface area contributed by atoms with E-state index in [-0.39, 0.29) is 5.91 Å². The number of hydrogen-bond acceptors (Lipinski definition) is 4. The van der Waals surface area contributed by atoms with Crippen molar-refractivity contribution in [2.45, 2.75) is 33.1 Å². The Morgan fingerprint density at radius 2 is 2.19 bits per heavy atom. The number of nitriles is 1. The van der Waals surface area contributed by atoms with E-state index >= 15 is 0 Å². The second kappa shape index (κ2) is 6.70. The highest BCUT2D eigenvalue weighted by Crippen LogP contribution is 2.41. The third kappa shape index (κ3) is 2.92. The summed E-state index contributed by atoms with van der Waals surface area (Å²) in [4.78, 5) is 14.6. The Morgan fingerprint density at radius 3 is 2.96 bits per heavy atom. The molecule has 2 aromatic heterocycles. The van der Waals surface area contributed by atoms with Crippen LogP contribution in [0.3, 0.4) is 0 Å². The van der Waals surface area contributed by atoms with E-state index in [2.05, 4.69) is 18.3 Å². The summed E-state index contributed by atoms with van der Waals surface area (Å²) in [6.07, 6.45) is 2.98. The molecule has 0 unspecified atom stereocenters. The van der Waals surface area contributed by atoms with Crippen LogP contribution in [-0.2, 0) is 12.8 Å². The lowest BCUT2D eigenvalue weighted by atomic mass is 9.89. The molecule has 6 heteroatoms. The van der Waals surface area contributed by atoms with Gasteiger partial charge in [-0.25, -0.2) is 0 Å². The molecule has 2 heterocycles. The van der Waals surface area contributed by atoms with Crippen LogP contribution in [0.2, 0.25) is 5.02 Å². The average Bonchev–Trinajstić information content (AvgIpc) is 3.11. The van der Waals surface area contributed by atoms with Crippen molar-refractivity contribution in [3.05, 3.63) is 49.7 Å². The first kappa shape index (κ1) is 17.5. The fraction of sp³-hybridized carbons (Fsp3) is 0.300. The van der Waals surface area contributed by atoms with Gasteiger partial charge in [-0.2, -0.15) is 5.26 Å². The van der Waals surface area contributed by atoms with Crippen LogP contribution in [0.1, 0.15) is 44.6 Å². The summed E-state index contributed by atoms with van der Waals surface area (Å²) >= 11 is 9.38. The van der Waals surface area contributed by atoms with Crippen molar-refractivity contribution in [1.82, 2.24) is 0 Å². The second-order valence-electron chi connectivity index (χ2n) is 6.87. The second-order valence-corrected chi connectivity index (χ2v) is 9.40. The summed E-state index contributed by atoms with van der Waals surface area (Å²) in [6, 6.07) is 8.27. The molecule has 1 aliphatic rings. The standard InChI is InChI=1S/C20H17ClN2OS2/c1-10-3-5-12-14(9-22)20(26-15(12)7-10)23-19(24)18-17(21)13-6-4-11(2)8-16(13)25-18/h4,6,8,10H,3,5,7H2,1-2H3,(H,23,24)/t10-/m0/s1. The maximum absolute atomic E-state index is 12.8. The van der Waals surface area contributed by atoms with Crippen LogP contribution in [0, 0.1) is 24.2 Å². The number of benzene rings is 1. The number of carbonyl (C=O) groups excluding carboxylic acids is 1. The fourth-order valence-corrected chi connectivity index (χ4v) is 6.30. The largest absolute Gasteiger partial charge is 0.312 e. The Bertz CT molecular complexity index is 1070. The van der Waals surface area contributed by atoms with Crippen molar-refractivity contribution < 1.29 is 4.79 Å². The lowest BCUT2D eigenvalue weighted by molar-refractivity contribution is 0.103. The SMILES string of the molecule is Cc1ccc2c(Cl)c(C(=O)Nc3sc4c(c3C#N)CC[C@H](C)C4)sc2c1. The number of nitrogens with zero attached hydrogens (tertiary/aromatic N) is 1. The van der Waals surface area contributed by atoms with Crippen LogP contribution in [-0.4, -0.2) is 5.91 Å². The lowest BCUT2D eigenvalue weighted by Crippen LogP contribution is -2.11. The van der Waals surface area contributed by atoms with Crippen LogP contribution in [0.15, 0.2) is 18.2 Å². The molecule has 0 fully saturated rings. The van der Waals surface area contributed by atoms with Gasteiger partial charge in [0.25, 0.3) is 5.91 Å². The van der Waals surface area contributed by atoms with E-state index in [1.807, 2.05) is 25.1 Å². The third-order valence-corrected chi connectivity index (χ3v) is 7.67. The van der Waals surface area contributed by atoms with Crippen molar-refractivity contribution in [2.24, 2.45) is 5.92 Å². The maximum Gasteiger partial charge on any atom is 0.267 e. The van der Waals surface area contributed by atoms with Gasteiger partial charge >= 0.3 is 0 Å². The Balaban J connectivity index is 1.69. The molecule has 1 N–H and O–H groups in total. The van der Waals surface area contributed by atoms with E-state index in [9.17, 15) is 10.1 Å². The minimum Gasteiger partial charge on any atom is -0.312 e. The van der Waals surface area contributed by atoms with E-state index < -0.39 is 0 Å². The molecule has 0 saturated carbocycles. The maximum atomic E-state index is 12.8. The number of aryl methyl sites for hydroxylation is 1. The highest BCUT2D eigenvalue weighted by atomic mass is 35.5. The number of nitrogens with one attached hydrogen (secondary N) is 1. The summed E-state index contributed by atoms with van der Waals surface area (Å²) < 4.78 is 1.000. The number of carbonyl (C=O) groups is 1. The number of halogens is 1. The number of rotatable bonds is 2. The fourth-order valence-electron chi connectivity index (χ4n) is 3.44. The van der Waals surface area contributed by atoms with Crippen LogP contribution < -0.4 is 5.32 Å². The van der Waals surface area contributed by atoms with Gasteiger partial charge in [0, 0.05) is 15.0 Å². The predicted molar refractivity (Wildman–Crippen MR) is 110 cm³/mol. The van der Waals surface area contributed by atoms with Crippen LogP contribution in [0.5, 0.6) is 0 Å². The number of amides is 1. The monoisotopic (exact) mass is 400 g/mol. The minimum absolute atomic E-state index is 0.239. The molecule has 1 amide bonds. The molecule has 0 bridgehead atoms. The first-order chi connectivity index (χ1) is 12.5. The molecule has 0 saturated heterocycles. The number of fused-ring (bicyclic) bond motifs is 2. The van der Waals surface area contributed by atoms with Gasteiger partial charge in [-0.05, 0) is 49.3 Å². The molecule has 3 nitrogen and oxygen atoms in total. The summed E-state index contributed by atoms with van der Waals surface area (Å²) in [5.74, 6) is 0.383. The molecular weight excluding hydrogens is 384 g/mol. The van der Waals surface area contributed by atoms with Crippen molar-refractivity contribution >= 4 is 55.3 Å². The number of anilines is 1. The number of hydrogen-bond donors (Lipinski definition) is 1. The number of thiophene rings is 2. The molecule has 1 aliphatic carbocycles. The first-order valence-electron chi connectivity index (χ1n) is 8.52. The molecule has 0 radical (unpaired) electrons. The van der Waals surface area contributed by atoms with Crippen molar-refractivity contribution in [3.63, 3.8) is 0 Å². The molecule has 4 rings (SSSR count). The zero-order chi connectivity index (χ0) is 18.4. The highest BCUT2D eigenvalue weighted by Gasteiger charge is 2.26. The smallest absolute Gasteiger partial charge is 0.267 e. The van der Waals surface area contributed by atoms with Gasteiger partial charge < -0.3 is 5.32 Å². The molecular formula is C20H17ClN2OS2. The highest BCUT2D eigenvalue weighted by molar-refractivity contribution is 7.22. The van der Waals surface area contributed by atoms with Gasteiger partial charge in [0.2, 0.25) is 0 Å². The van der Waals surface area contributed by atoms with Gasteiger partial charge in [-0.15, -0.1) is 22.7 Å². The quantitative estimate of drug-likeness (QED) is 0.558. The van der Waals surface area contributed by atoms with E-state index in [1.165, 1.54) is 27.6 Å². The molecule has 1 atom stereocenters. The normalized spacial score (nSPS) is 16.3. The van der Waals surface area contributed by atoms with Gasteiger partial charge in [-0.1, -0.05) is 30.7 Å². The van der Waals surface area contributed by atoms with Gasteiger partial charge in [0.05, 0.1) is 10.6 Å². The molecule has 1 aromatic carbocycles. The third-order valence-electron chi connectivity index (χ3n) is 4.84. The van der Waals surface area contributed by atoms with Crippen LogP contribution in [0.4, 0.5) is 5.00 Å².